The van der Waals surface area contributed by atoms with Crippen molar-refractivity contribution in [1.29, 1.82) is 0 Å². The highest BCUT2D eigenvalue weighted by Gasteiger charge is 2.15. The summed E-state index contributed by atoms with van der Waals surface area (Å²) in [4.78, 5) is 8.49. The fourth-order valence-corrected chi connectivity index (χ4v) is 2.08. The molecule has 1 unspecified atom stereocenters. The van der Waals surface area contributed by atoms with E-state index in [0.717, 1.165) is 37.4 Å². The topological polar surface area (TPSA) is 71.1 Å². The highest BCUT2D eigenvalue weighted by molar-refractivity contribution is 7.80. The minimum atomic E-state index is 0.261. The zero-order valence-electron chi connectivity index (χ0n) is 11.2. The van der Waals surface area contributed by atoms with Crippen LogP contribution in [0.4, 0.5) is 5.95 Å². The summed E-state index contributed by atoms with van der Waals surface area (Å²) in [5.74, 6) is 0.513. The van der Waals surface area contributed by atoms with Crippen LogP contribution in [-0.4, -0.2) is 34.3 Å². The molecule has 1 aliphatic rings. The zero-order valence-corrected chi connectivity index (χ0v) is 12.0. The molecule has 0 aromatic carbocycles. The monoisotopic (exact) mass is 281 g/mol. The van der Waals surface area contributed by atoms with Gasteiger partial charge in [0, 0.05) is 24.5 Å². The van der Waals surface area contributed by atoms with Crippen LogP contribution in [0.5, 0.6) is 0 Å². The number of ether oxygens (including phenoxy) is 1. The predicted octanol–water partition coefficient (Wildman–Crippen LogP) is 1.06. The van der Waals surface area contributed by atoms with Crippen molar-refractivity contribution in [3.8, 4) is 0 Å². The van der Waals surface area contributed by atoms with Gasteiger partial charge in [0.2, 0.25) is 5.95 Å². The van der Waals surface area contributed by atoms with E-state index >= 15 is 0 Å². The molecule has 3 N–H and O–H groups in total. The van der Waals surface area contributed by atoms with Gasteiger partial charge in [-0.25, -0.2) is 9.97 Å². The SMILES string of the molecule is Cc1cc(C)nc(NNC(=S)NCC2CCCO2)n1. The molecule has 2 rings (SSSR count). The van der Waals surface area contributed by atoms with Gasteiger partial charge >= 0.3 is 0 Å². The summed E-state index contributed by atoms with van der Waals surface area (Å²) >= 11 is 5.16. The van der Waals surface area contributed by atoms with Crippen molar-refractivity contribution in [2.75, 3.05) is 18.6 Å². The van der Waals surface area contributed by atoms with Gasteiger partial charge < -0.3 is 10.1 Å². The average Bonchev–Trinajstić information content (AvgIpc) is 2.86. The van der Waals surface area contributed by atoms with Crippen LogP contribution in [0.3, 0.4) is 0 Å². The lowest BCUT2D eigenvalue weighted by molar-refractivity contribution is 0.114. The molecule has 1 aromatic rings. The third-order valence-corrected chi connectivity index (χ3v) is 3.03. The molecule has 1 aliphatic heterocycles. The van der Waals surface area contributed by atoms with Crippen molar-refractivity contribution in [2.24, 2.45) is 0 Å². The van der Waals surface area contributed by atoms with Crippen LogP contribution in [0, 0.1) is 13.8 Å². The van der Waals surface area contributed by atoms with Crippen LogP contribution in [0.15, 0.2) is 6.07 Å². The Balaban J connectivity index is 1.73. The fraction of sp³-hybridized carbons (Fsp3) is 0.583. The second kappa shape index (κ2) is 6.63. The van der Waals surface area contributed by atoms with Gasteiger partial charge in [-0.1, -0.05) is 0 Å². The lowest BCUT2D eigenvalue weighted by atomic mass is 10.2. The largest absolute Gasteiger partial charge is 0.376 e. The molecule has 6 nitrogen and oxygen atoms in total. The van der Waals surface area contributed by atoms with E-state index in [0.29, 0.717) is 11.1 Å². The van der Waals surface area contributed by atoms with E-state index in [9.17, 15) is 0 Å². The standard InChI is InChI=1S/C12H19N5OS/c1-8-6-9(2)15-11(14-8)16-17-12(19)13-7-10-4-3-5-18-10/h6,10H,3-5,7H2,1-2H3,(H2,13,17,19)(H,14,15,16). The molecule has 1 aromatic heterocycles. The first-order valence-corrected chi connectivity index (χ1v) is 6.78. The number of rotatable bonds is 4. The molecule has 0 spiro atoms. The third kappa shape index (κ3) is 4.60. The lowest BCUT2D eigenvalue weighted by Crippen LogP contribution is -2.42. The first-order valence-electron chi connectivity index (χ1n) is 6.37. The van der Waals surface area contributed by atoms with Gasteiger partial charge in [0.25, 0.3) is 0 Å². The van der Waals surface area contributed by atoms with E-state index in [-0.39, 0.29) is 6.10 Å². The zero-order chi connectivity index (χ0) is 13.7. The Kier molecular flexibility index (Phi) is 4.86. The molecule has 7 heteroatoms. The van der Waals surface area contributed by atoms with E-state index in [2.05, 4.69) is 26.1 Å². The fourth-order valence-electron chi connectivity index (χ4n) is 1.95. The summed E-state index contributed by atoms with van der Waals surface area (Å²) in [5, 5.41) is 3.61. The van der Waals surface area contributed by atoms with Gasteiger partial charge in [-0.3, -0.25) is 10.9 Å². The van der Waals surface area contributed by atoms with Crippen LogP contribution in [-0.2, 0) is 4.74 Å². The molecule has 104 valence electrons. The van der Waals surface area contributed by atoms with Crippen molar-refractivity contribution in [2.45, 2.75) is 32.8 Å². The van der Waals surface area contributed by atoms with Crippen LogP contribution in [0.25, 0.3) is 0 Å². The second-order valence-electron chi connectivity index (χ2n) is 4.57. The van der Waals surface area contributed by atoms with Crippen LogP contribution >= 0.6 is 12.2 Å². The second-order valence-corrected chi connectivity index (χ2v) is 4.98. The first-order chi connectivity index (χ1) is 9.13. The Bertz CT molecular complexity index is 427. The van der Waals surface area contributed by atoms with E-state index in [1.165, 1.54) is 0 Å². The maximum absolute atomic E-state index is 5.50. The van der Waals surface area contributed by atoms with Crippen molar-refractivity contribution in [3.63, 3.8) is 0 Å². The molecule has 0 saturated carbocycles. The maximum atomic E-state index is 5.50. The number of anilines is 1. The minimum absolute atomic E-state index is 0.261. The summed E-state index contributed by atoms with van der Waals surface area (Å²) in [6.45, 7) is 5.42. The van der Waals surface area contributed by atoms with Crippen molar-refractivity contribution in [3.05, 3.63) is 17.5 Å². The van der Waals surface area contributed by atoms with Gasteiger partial charge in [-0.2, -0.15) is 0 Å². The van der Waals surface area contributed by atoms with E-state index in [1.54, 1.807) is 0 Å². The molecule has 0 amide bonds. The Morgan fingerprint density at radius 3 is 2.79 bits per heavy atom. The van der Waals surface area contributed by atoms with Gasteiger partial charge in [-0.05, 0) is 45.0 Å². The van der Waals surface area contributed by atoms with E-state index in [1.807, 2.05) is 19.9 Å². The van der Waals surface area contributed by atoms with Gasteiger partial charge in [-0.15, -0.1) is 0 Å². The maximum Gasteiger partial charge on any atom is 0.242 e. The number of aromatic nitrogens is 2. The molecule has 1 atom stereocenters. The summed E-state index contributed by atoms with van der Waals surface area (Å²) in [7, 11) is 0. The molecule has 19 heavy (non-hydrogen) atoms. The van der Waals surface area contributed by atoms with E-state index in [4.69, 9.17) is 17.0 Å². The molecule has 1 saturated heterocycles. The van der Waals surface area contributed by atoms with Gasteiger partial charge in [0.1, 0.15) is 0 Å². The molecule has 2 heterocycles. The average molecular weight is 281 g/mol. The Labute approximate surface area is 118 Å². The van der Waals surface area contributed by atoms with Crippen LogP contribution in [0.2, 0.25) is 0 Å². The summed E-state index contributed by atoms with van der Waals surface area (Å²) < 4.78 is 5.50. The van der Waals surface area contributed by atoms with Crippen molar-refractivity contribution >= 4 is 23.3 Å². The summed E-state index contributed by atoms with van der Waals surface area (Å²) in [5.41, 5.74) is 7.58. The number of aryl methyl sites for hydroxylation is 2. The number of nitrogens with zero attached hydrogens (tertiary/aromatic N) is 2. The lowest BCUT2D eigenvalue weighted by Gasteiger charge is -2.14. The first kappa shape index (κ1) is 14.0. The molecule has 1 fully saturated rings. The molecule has 0 radical (unpaired) electrons. The predicted molar refractivity (Wildman–Crippen MR) is 77.8 cm³/mol. The molecular formula is C12H19N5OS. The van der Waals surface area contributed by atoms with Gasteiger partial charge in [0.15, 0.2) is 5.11 Å². The molecule has 0 aliphatic carbocycles. The van der Waals surface area contributed by atoms with Crippen molar-refractivity contribution < 1.29 is 4.74 Å². The number of hydrogen-bond donors (Lipinski definition) is 3. The Morgan fingerprint density at radius 2 is 2.16 bits per heavy atom. The quantitative estimate of drug-likeness (QED) is 0.563. The number of thiocarbonyl (C=S) groups is 1. The van der Waals surface area contributed by atoms with Crippen LogP contribution < -0.4 is 16.2 Å². The summed E-state index contributed by atoms with van der Waals surface area (Å²) in [6.07, 6.45) is 2.47. The number of hydrazine groups is 1. The van der Waals surface area contributed by atoms with Gasteiger partial charge in [0.05, 0.1) is 6.10 Å². The Hall–Kier alpha value is -1.47. The smallest absolute Gasteiger partial charge is 0.242 e. The number of nitrogens with one attached hydrogen (secondary N) is 3. The molecular weight excluding hydrogens is 262 g/mol. The Morgan fingerprint density at radius 1 is 1.42 bits per heavy atom. The van der Waals surface area contributed by atoms with E-state index < -0.39 is 0 Å². The number of hydrogen-bond acceptors (Lipinski definition) is 5. The highest BCUT2D eigenvalue weighted by atomic mass is 32.1. The normalized spacial score (nSPS) is 18.1. The molecule has 0 bridgehead atoms. The van der Waals surface area contributed by atoms with Crippen molar-refractivity contribution in [1.82, 2.24) is 20.7 Å². The minimum Gasteiger partial charge on any atom is -0.376 e. The summed E-state index contributed by atoms with van der Waals surface area (Å²) in [6, 6.07) is 1.92. The van der Waals surface area contributed by atoms with Crippen LogP contribution in [0.1, 0.15) is 24.2 Å². The highest BCUT2D eigenvalue weighted by Crippen LogP contribution is 2.10. The third-order valence-electron chi connectivity index (χ3n) is 2.78.